The van der Waals surface area contributed by atoms with Gasteiger partial charge in [-0.25, -0.2) is 4.79 Å². The predicted molar refractivity (Wildman–Crippen MR) is 36.1 cm³/mol. The molecule has 0 saturated carbocycles. The summed E-state index contributed by atoms with van der Waals surface area (Å²) in [5.41, 5.74) is 0. The van der Waals surface area contributed by atoms with E-state index < -0.39 is 6.03 Å². The lowest BCUT2D eigenvalue weighted by molar-refractivity contribution is 0.210. The minimum absolute atomic E-state index is 0.0125. The summed E-state index contributed by atoms with van der Waals surface area (Å²) in [7, 11) is 0. The zero-order chi connectivity index (χ0) is 7.98. The molecule has 0 N–H and O–H groups in total. The first-order chi connectivity index (χ1) is 4.76. The molecule has 10 heavy (non-hydrogen) atoms. The molecular weight excluding hydrogens is 158 g/mol. The van der Waals surface area contributed by atoms with Gasteiger partial charge in [0.15, 0.2) is 0 Å². The van der Waals surface area contributed by atoms with Crippen LogP contribution >= 0.6 is 11.8 Å². The fourth-order valence-electron chi connectivity index (χ4n) is 0.312. The molecule has 0 aromatic carbocycles. The summed E-state index contributed by atoms with van der Waals surface area (Å²) in [6.07, 6.45) is 1.33. The van der Waals surface area contributed by atoms with Gasteiger partial charge >= 0.3 is 6.03 Å². The first-order valence-corrected chi connectivity index (χ1v) is 2.67. The minimum Gasteiger partial charge on any atom is -0.243 e. The summed E-state index contributed by atoms with van der Waals surface area (Å²) in [4.78, 5) is 22.9. The third-order valence-corrected chi connectivity index (χ3v) is 0.838. The Morgan fingerprint density at radius 1 is 1.80 bits per heavy atom. The number of carbonyl (C=O) groups excluding carboxylic acids is 1. The van der Waals surface area contributed by atoms with E-state index >= 15 is 0 Å². The van der Waals surface area contributed by atoms with Crippen LogP contribution in [-0.2, 0) is 0 Å². The second kappa shape index (κ2) is 4.75. The molecule has 0 aliphatic heterocycles. The normalized spacial score (nSPS) is 8.10. The predicted octanol–water partition coefficient (Wildman–Crippen LogP) is 1.03. The highest BCUT2D eigenvalue weighted by Gasteiger charge is 2.11. The standard InChI is InChI=1S/C4H5ClN3O2/c1-2-3-8(7-10)4(9)6-5/h2H,1,3H2. The molecule has 0 bridgehead atoms. The van der Waals surface area contributed by atoms with Gasteiger partial charge in [-0.05, 0) is 0 Å². The Balaban J connectivity index is 3.91. The topological polar surface area (TPSA) is 63.8 Å². The minimum atomic E-state index is -0.892. The van der Waals surface area contributed by atoms with Crippen LogP contribution in [0.4, 0.5) is 4.79 Å². The van der Waals surface area contributed by atoms with Crippen molar-refractivity contribution in [3.63, 3.8) is 0 Å². The number of halogens is 1. The smallest absolute Gasteiger partial charge is 0.243 e. The number of amides is 2. The maximum absolute atomic E-state index is 10.4. The molecule has 0 fully saturated rings. The molecule has 0 rings (SSSR count). The van der Waals surface area contributed by atoms with Crippen LogP contribution in [0, 0.1) is 4.91 Å². The Bertz CT molecular complexity index is 149. The summed E-state index contributed by atoms with van der Waals surface area (Å²) < 4.78 is 0. The molecule has 2 amide bonds. The molecule has 5 nitrogen and oxygen atoms in total. The molecule has 1 radical (unpaired) electrons. The van der Waals surface area contributed by atoms with E-state index in [1.807, 2.05) is 0 Å². The highest BCUT2D eigenvalue weighted by molar-refractivity contribution is 6.20. The SMILES string of the molecule is C=CCN(N=O)C(=O)[N]Cl. The van der Waals surface area contributed by atoms with E-state index in [1.54, 1.807) is 0 Å². The third-order valence-electron chi connectivity index (χ3n) is 0.694. The molecule has 0 aromatic heterocycles. The lowest BCUT2D eigenvalue weighted by Crippen LogP contribution is -2.27. The Morgan fingerprint density at radius 2 is 2.40 bits per heavy atom. The van der Waals surface area contributed by atoms with E-state index in [0.29, 0.717) is 5.01 Å². The summed E-state index contributed by atoms with van der Waals surface area (Å²) in [6, 6.07) is -0.892. The first-order valence-electron chi connectivity index (χ1n) is 2.34. The van der Waals surface area contributed by atoms with Crippen LogP contribution in [0.15, 0.2) is 17.9 Å². The van der Waals surface area contributed by atoms with Crippen LogP contribution in [0.1, 0.15) is 0 Å². The molecular formula is C4H5ClN3O2. The maximum atomic E-state index is 10.4. The van der Waals surface area contributed by atoms with Crippen molar-refractivity contribution in [3.8, 4) is 0 Å². The molecule has 55 valence electrons. The van der Waals surface area contributed by atoms with Gasteiger partial charge in [0, 0.05) is 11.8 Å². The average molecular weight is 163 g/mol. The number of urea groups is 1. The Hall–Kier alpha value is -1.10. The number of hydrogen-bond acceptors (Lipinski definition) is 3. The van der Waals surface area contributed by atoms with Gasteiger partial charge < -0.3 is 0 Å². The molecule has 0 spiro atoms. The third kappa shape index (κ3) is 2.45. The number of nitrogens with zero attached hydrogens (tertiary/aromatic N) is 3. The fourth-order valence-corrected chi connectivity index (χ4v) is 0.400. The quantitative estimate of drug-likeness (QED) is 0.354. The second-order valence-corrected chi connectivity index (χ2v) is 1.49. The molecule has 0 heterocycles. The molecule has 0 unspecified atom stereocenters. The molecule has 0 saturated heterocycles. The summed E-state index contributed by atoms with van der Waals surface area (Å²) >= 11 is 4.76. The highest BCUT2D eigenvalue weighted by atomic mass is 35.5. The van der Waals surface area contributed by atoms with Crippen LogP contribution in [0.2, 0.25) is 0 Å². The van der Waals surface area contributed by atoms with Gasteiger partial charge in [-0.1, -0.05) is 6.08 Å². The zero-order valence-electron chi connectivity index (χ0n) is 5.03. The summed E-state index contributed by atoms with van der Waals surface area (Å²) in [5, 5.41) is 2.87. The van der Waals surface area contributed by atoms with Crippen LogP contribution < -0.4 is 4.84 Å². The van der Waals surface area contributed by atoms with Crippen molar-refractivity contribution in [2.24, 2.45) is 5.29 Å². The number of carbonyl (C=O) groups is 1. The van der Waals surface area contributed by atoms with Gasteiger partial charge in [-0.15, -0.1) is 16.3 Å². The maximum Gasteiger partial charge on any atom is 0.378 e. The van der Waals surface area contributed by atoms with Crippen LogP contribution in [0.25, 0.3) is 0 Å². The van der Waals surface area contributed by atoms with Gasteiger partial charge in [0.25, 0.3) is 0 Å². The van der Waals surface area contributed by atoms with E-state index in [0.717, 1.165) is 0 Å². The molecule has 0 aliphatic carbocycles. The summed E-state index contributed by atoms with van der Waals surface area (Å²) in [5.74, 6) is 0. The van der Waals surface area contributed by atoms with E-state index in [9.17, 15) is 9.70 Å². The largest absolute Gasteiger partial charge is 0.378 e. The van der Waals surface area contributed by atoms with Crippen molar-refractivity contribution in [2.75, 3.05) is 6.54 Å². The number of rotatable bonds is 3. The molecule has 0 aromatic rings. The van der Waals surface area contributed by atoms with Gasteiger partial charge in [0.1, 0.15) is 0 Å². The van der Waals surface area contributed by atoms with E-state index in [-0.39, 0.29) is 6.54 Å². The lowest BCUT2D eigenvalue weighted by Gasteiger charge is -2.05. The van der Waals surface area contributed by atoms with Crippen LogP contribution in [-0.4, -0.2) is 17.6 Å². The molecule has 6 heteroatoms. The lowest BCUT2D eigenvalue weighted by atomic mass is 10.6. The Kier molecular flexibility index (Phi) is 4.23. The van der Waals surface area contributed by atoms with E-state index in [1.165, 1.54) is 6.08 Å². The monoisotopic (exact) mass is 162 g/mol. The van der Waals surface area contributed by atoms with E-state index in [4.69, 9.17) is 11.8 Å². The molecule has 0 aliphatic rings. The Morgan fingerprint density at radius 3 is 2.70 bits per heavy atom. The van der Waals surface area contributed by atoms with Crippen molar-refractivity contribution in [1.29, 1.82) is 0 Å². The van der Waals surface area contributed by atoms with Crippen molar-refractivity contribution >= 4 is 17.8 Å². The van der Waals surface area contributed by atoms with Crippen LogP contribution in [0.5, 0.6) is 0 Å². The second-order valence-electron chi connectivity index (χ2n) is 1.32. The zero-order valence-corrected chi connectivity index (χ0v) is 5.78. The van der Waals surface area contributed by atoms with Gasteiger partial charge in [0.05, 0.1) is 11.8 Å². The van der Waals surface area contributed by atoms with Crippen molar-refractivity contribution in [1.82, 2.24) is 9.84 Å². The molecule has 0 atom stereocenters. The van der Waals surface area contributed by atoms with Crippen LogP contribution in [0.3, 0.4) is 0 Å². The van der Waals surface area contributed by atoms with E-state index in [2.05, 4.69) is 16.7 Å². The van der Waals surface area contributed by atoms with Crippen molar-refractivity contribution in [3.05, 3.63) is 17.6 Å². The van der Waals surface area contributed by atoms with Gasteiger partial charge in [0.2, 0.25) is 0 Å². The Labute approximate surface area is 62.7 Å². The summed E-state index contributed by atoms with van der Waals surface area (Å²) in [6.45, 7) is 3.30. The van der Waals surface area contributed by atoms with Gasteiger partial charge in [-0.2, -0.15) is 5.01 Å². The average Bonchev–Trinajstić information content (AvgIpc) is 1.99. The van der Waals surface area contributed by atoms with Gasteiger partial charge in [-0.3, -0.25) is 0 Å². The number of nitroso groups, excluding NO2 is 1. The fraction of sp³-hybridized carbons (Fsp3) is 0.250. The first kappa shape index (κ1) is 8.90. The highest BCUT2D eigenvalue weighted by Crippen LogP contribution is 1.91. The number of hydrogen-bond donors (Lipinski definition) is 0. The van der Waals surface area contributed by atoms with Crippen molar-refractivity contribution < 1.29 is 4.79 Å². The van der Waals surface area contributed by atoms with Crippen molar-refractivity contribution in [2.45, 2.75) is 0 Å².